The molecule has 0 heterocycles. The van der Waals surface area contributed by atoms with Crippen molar-refractivity contribution in [3.63, 3.8) is 0 Å². The van der Waals surface area contributed by atoms with Gasteiger partial charge in [-0.2, -0.15) is 0 Å². The van der Waals surface area contributed by atoms with Crippen LogP contribution >= 0.6 is 15.9 Å². The second kappa shape index (κ2) is 6.34. The number of halogens is 2. The molecule has 0 fully saturated rings. The summed E-state index contributed by atoms with van der Waals surface area (Å²) >= 11 is 2.98. The van der Waals surface area contributed by atoms with Crippen molar-refractivity contribution in [2.75, 3.05) is 6.54 Å². The standard InChI is InChI=1S/C11H11BrFNO3/c12-10-7(3-1-4-8(10)13)11(17)14-6-2-5-9(15)16/h1,3-4H,2,5-6H2,(H,14,17)(H,15,16). The van der Waals surface area contributed by atoms with Gasteiger partial charge in [0.2, 0.25) is 0 Å². The van der Waals surface area contributed by atoms with Gasteiger partial charge in [-0.25, -0.2) is 4.39 Å². The van der Waals surface area contributed by atoms with Crippen LogP contribution in [0.4, 0.5) is 4.39 Å². The molecule has 1 rings (SSSR count). The van der Waals surface area contributed by atoms with Crippen molar-refractivity contribution in [3.8, 4) is 0 Å². The van der Waals surface area contributed by atoms with Gasteiger partial charge in [-0.3, -0.25) is 9.59 Å². The zero-order valence-electron chi connectivity index (χ0n) is 8.87. The fourth-order valence-corrected chi connectivity index (χ4v) is 1.66. The lowest BCUT2D eigenvalue weighted by molar-refractivity contribution is -0.137. The van der Waals surface area contributed by atoms with Gasteiger partial charge in [-0.15, -0.1) is 0 Å². The van der Waals surface area contributed by atoms with Crippen LogP contribution in [0.3, 0.4) is 0 Å². The van der Waals surface area contributed by atoms with E-state index >= 15 is 0 Å². The maximum atomic E-state index is 13.1. The molecule has 0 bridgehead atoms. The Morgan fingerprint density at radius 1 is 1.41 bits per heavy atom. The summed E-state index contributed by atoms with van der Waals surface area (Å²) in [6.45, 7) is 0.244. The molecule has 17 heavy (non-hydrogen) atoms. The van der Waals surface area contributed by atoms with E-state index in [0.717, 1.165) is 0 Å². The molecular weight excluding hydrogens is 293 g/mol. The number of carboxylic acids is 1. The third-order valence-corrected chi connectivity index (χ3v) is 2.86. The van der Waals surface area contributed by atoms with Gasteiger partial charge in [-0.1, -0.05) is 6.07 Å². The summed E-state index contributed by atoms with van der Waals surface area (Å²) in [5.41, 5.74) is 0.195. The van der Waals surface area contributed by atoms with Gasteiger partial charge in [0.15, 0.2) is 0 Å². The van der Waals surface area contributed by atoms with Crippen LogP contribution in [0.5, 0.6) is 0 Å². The molecule has 0 saturated heterocycles. The van der Waals surface area contributed by atoms with E-state index in [0.29, 0.717) is 6.42 Å². The van der Waals surface area contributed by atoms with Crippen LogP contribution < -0.4 is 5.32 Å². The number of nitrogens with one attached hydrogen (secondary N) is 1. The molecule has 0 spiro atoms. The summed E-state index contributed by atoms with van der Waals surface area (Å²) in [4.78, 5) is 21.9. The quantitative estimate of drug-likeness (QED) is 0.819. The molecule has 2 N–H and O–H groups in total. The number of aliphatic carboxylic acids is 1. The van der Waals surface area contributed by atoms with Gasteiger partial charge >= 0.3 is 5.97 Å². The monoisotopic (exact) mass is 303 g/mol. The highest BCUT2D eigenvalue weighted by atomic mass is 79.9. The predicted octanol–water partition coefficient (Wildman–Crippen LogP) is 2.18. The molecule has 0 aliphatic carbocycles. The van der Waals surface area contributed by atoms with E-state index in [1.165, 1.54) is 18.2 Å². The number of carbonyl (C=O) groups excluding carboxylic acids is 1. The van der Waals surface area contributed by atoms with E-state index in [1.807, 2.05) is 0 Å². The average Bonchev–Trinajstić information content (AvgIpc) is 2.27. The minimum Gasteiger partial charge on any atom is -0.481 e. The summed E-state index contributed by atoms with van der Waals surface area (Å²) in [7, 11) is 0. The number of hydrogen-bond acceptors (Lipinski definition) is 2. The molecule has 1 amide bonds. The van der Waals surface area contributed by atoms with Gasteiger partial charge in [0.1, 0.15) is 5.82 Å². The maximum absolute atomic E-state index is 13.1. The van der Waals surface area contributed by atoms with Crippen molar-refractivity contribution in [2.45, 2.75) is 12.8 Å². The molecular formula is C11H11BrFNO3. The van der Waals surface area contributed by atoms with E-state index in [1.54, 1.807) is 0 Å². The van der Waals surface area contributed by atoms with Crippen LogP contribution in [0.2, 0.25) is 0 Å². The second-order valence-corrected chi connectivity index (χ2v) is 4.15. The Labute approximate surface area is 106 Å². The first-order valence-electron chi connectivity index (χ1n) is 4.96. The number of rotatable bonds is 5. The van der Waals surface area contributed by atoms with E-state index in [-0.39, 0.29) is 23.0 Å². The van der Waals surface area contributed by atoms with Crippen molar-refractivity contribution in [2.24, 2.45) is 0 Å². The molecule has 92 valence electrons. The van der Waals surface area contributed by atoms with Crippen LogP contribution in [0.1, 0.15) is 23.2 Å². The minimum atomic E-state index is -0.911. The van der Waals surface area contributed by atoms with Gasteiger partial charge < -0.3 is 10.4 Å². The number of hydrogen-bond donors (Lipinski definition) is 2. The Kier molecular flexibility index (Phi) is 5.09. The highest BCUT2D eigenvalue weighted by Gasteiger charge is 2.12. The number of benzene rings is 1. The molecule has 0 unspecified atom stereocenters. The maximum Gasteiger partial charge on any atom is 0.303 e. The molecule has 0 aliphatic rings. The first-order valence-corrected chi connectivity index (χ1v) is 5.75. The van der Waals surface area contributed by atoms with E-state index in [4.69, 9.17) is 5.11 Å². The first kappa shape index (κ1) is 13.6. The van der Waals surface area contributed by atoms with Crippen molar-refractivity contribution >= 4 is 27.8 Å². The fourth-order valence-electron chi connectivity index (χ4n) is 1.22. The van der Waals surface area contributed by atoms with Crippen molar-refractivity contribution < 1.29 is 19.1 Å². The normalized spacial score (nSPS) is 10.0. The molecule has 0 saturated carbocycles. The Morgan fingerprint density at radius 3 is 2.76 bits per heavy atom. The van der Waals surface area contributed by atoms with E-state index in [9.17, 15) is 14.0 Å². The van der Waals surface area contributed by atoms with Crippen LogP contribution in [-0.2, 0) is 4.79 Å². The van der Waals surface area contributed by atoms with Crippen LogP contribution in [0.25, 0.3) is 0 Å². The zero-order chi connectivity index (χ0) is 12.8. The Hall–Kier alpha value is -1.43. The highest BCUT2D eigenvalue weighted by molar-refractivity contribution is 9.10. The summed E-state index contributed by atoms with van der Waals surface area (Å²) in [5.74, 6) is -1.85. The molecule has 6 heteroatoms. The summed E-state index contributed by atoms with van der Waals surface area (Å²) in [5, 5.41) is 10.9. The largest absolute Gasteiger partial charge is 0.481 e. The van der Waals surface area contributed by atoms with E-state index in [2.05, 4.69) is 21.2 Å². The van der Waals surface area contributed by atoms with Crippen molar-refractivity contribution in [1.82, 2.24) is 5.32 Å². The van der Waals surface area contributed by atoms with Crippen molar-refractivity contribution in [1.29, 1.82) is 0 Å². The zero-order valence-corrected chi connectivity index (χ0v) is 10.5. The summed E-state index contributed by atoms with van der Waals surface area (Å²) in [6.07, 6.45) is 0.332. The lowest BCUT2D eigenvalue weighted by Gasteiger charge is -2.06. The Morgan fingerprint density at radius 2 is 2.12 bits per heavy atom. The van der Waals surface area contributed by atoms with Crippen LogP contribution in [0.15, 0.2) is 22.7 Å². The molecule has 4 nitrogen and oxygen atoms in total. The van der Waals surface area contributed by atoms with Crippen LogP contribution in [0, 0.1) is 5.82 Å². The molecule has 0 radical (unpaired) electrons. The highest BCUT2D eigenvalue weighted by Crippen LogP contribution is 2.20. The molecule has 0 aliphatic heterocycles. The second-order valence-electron chi connectivity index (χ2n) is 3.35. The molecule has 0 aromatic heterocycles. The van der Waals surface area contributed by atoms with Crippen molar-refractivity contribution in [3.05, 3.63) is 34.1 Å². The van der Waals surface area contributed by atoms with Gasteiger partial charge in [-0.05, 0) is 34.5 Å². The van der Waals surface area contributed by atoms with Crippen LogP contribution in [-0.4, -0.2) is 23.5 Å². The average molecular weight is 304 g/mol. The summed E-state index contributed by atoms with van der Waals surface area (Å²) < 4.78 is 13.2. The first-order chi connectivity index (χ1) is 8.02. The molecule has 0 atom stereocenters. The molecule has 1 aromatic rings. The topological polar surface area (TPSA) is 66.4 Å². The van der Waals surface area contributed by atoms with E-state index < -0.39 is 17.7 Å². The number of carbonyl (C=O) groups is 2. The van der Waals surface area contributed by atoms with Gasteiger partial charge in [0.05, 0.1) is 10.0 Å². The van der Waals surface area contributed by atoms with Gasteiger partial charge in [0, 0.05) is 13.0 Å². The Balaban J connectivity index is 2.53. The predicted molar refractivity (Wildman–Crippen MR) is 63.3 cm³/mol. The Bertz CT molecular complexity index is 437. The number of amides is 1. The minimum absolute atomic E-state index is 0.00932. The lowest BCUT2D eigenvalue weighted by atomic mass is 10.2. The smallest absolute Gasteiger partial charge is 0.303 e. The fraction of sp³-hybridized carbons (Fsp3) is 0.273. The lowest BCUT2D eigenvalue weighted by Crippen LogP contribution is -2.25. The van der Waals surface area contributed by atoms with Gasteiger partial charge in [0.25, 0.3) is 5.91 Å². The molecule has 1 aromatic carbocycles. The third kappa shape index (κ3) is 4.14. The summed E-state index contributed by atoms with van der Waals surface area (Å²) in [6, 6.07) is 4.16. The third-order valence-electron chi connectivity index (χ3n) is 2.05. The SMILES string of the molecule is O=C(O)CCCNC(=O)c1cccc(F)c1Br. The number of carboxylic acid groups (broad SMARTS) is 1.